The fraction of sp³-hybridized carbons (Fsp3) is 0. The molecule has 0 saturated carbocycles. The van der Waals surface area contributed by atoms with Gasteiger partial charge in [-0.15, -0.1) is 0 Å². The first-order valence-electron chi connectivity index (χ1n) is 5.32. The molecule has 2 aromatic carbocycles. The van der Waals surface area contributed by atoms with E-state index in [0.717, 1.165) is 24.3 Å². The summed E-state index contributed by atoms with van der Waals surface area (Å²) in [5, 5.41) is 0. The van der Waals surface area contributed by atoms with Gasteiger partial charge in [0.2, 0.25) is 0 Å². The molecule has 20 heavy (non-hydrogen) atoms. The molecule has 0 amide bonds. The molecular weight excluding hydrogens is 354 g/mol. The zero-order chi connectivity index (χ0) is 14.9. The minimum Gasteiger partial charge on any atom is -0.398 e. The third-order valence-electron chi connectivity index (χ3n) is 2.43. The maximum atomic E-state index is 13.1. The summed E-state index contributed by atoms with van der Waals surface area (Å²) in [6.45, 7) is 0. The van der Waals surface area contributed by atoms with Gasteiger partial charge in [0.05, 0.1) is 11.4 Å². The second-order valence-corrected chi connectivity index (χ2v) is 6.42. The molecule has 0 fully saturated rings. The van der Waals surface area contributed by atoms with Crippen LogP contribution in [0, 0.1) is 11.6 Å². The van der Waals surface area contributed by atoms with Gasteiger partial charge in [-0.05, 0) is 52.3 Å². The number of nitrogens with one attached hydrogen (secondary N) is 1. The number of nitrogens with two attached hydrogens (primary N) is 1. The van der Waals surface area contributed by atoms with Crippen molar-refractivity contribution in [1.29, 1.82) is 0 Å². The quantitative estimate of drug-likeness (QED) is 0.824. The van der Waals surface area contributed by atoms with Gasteiger partial charge in [0.1, 0.15) is 16.5 Å². The molecule has 4 nitrogen and oxygen atoms in total. The minimum absolute atomic E-state index is 0.0220. The van der Waals surface area contributed by atoms with Crippen LogP contribution in [0.2, 0.25) is 0 Å². The van der Waals surface area contributed by atoms with Crippen molar-refractivity contribution in [3.8, 4) is 0 Å². The number of hydrogen-bond donors (Lipinski definition) is 2. The van der Waals surface area contributed by atoms with E-state index in [0.29, 0.717) is 4.47 Å². The van der Waals surface area contributed by atoms with Gasteiger partial charge in [-0.2, -0.15) is 0 Å². The van der Waals surface area contributed by atoms with Crippen LogP contribution in [0.1, 0.15) is 0 Å². The molecule has 0 saturated heterocycles. The van der Waals surface area contributed by atoms with Gasteiger partial charge in [0, 0.05) is 4.47 Å². The van der Waals surface area contributed by atoms with Gasteiger partial charge in [0.15, 0.2) is 0 Å². The highest BCUT2D eigenvalue weighted by Gasteiger charge is 2.19. The third-order valence-corrected chi connectivity index (χ3v) is 4.57. The molecule has 0 aliphatic rings. The molecular formula is C12H9BrF2N2O2S. The third kappa shape index (κ3) is 3.07. The van der Waals surface area contributed by atoms with Gasteiger partial charge in [-0.25, -0.2) is 17.2 Å². The fourth-order valence-corrected chi connectivity index (χ4v) is 3.20. The number of anilines is 2. The van der Waals surface area contributed by atoms with Crippen molar-refractivity contribution in [3.63, 3.8) is 0 Å². The number of nitrogen functional groups attached to an aromatic ring is 1. The van der Waals surface area contributed by atoms with E-state index in [1.807, 2.05) is 0 Å². The molecule has 2 rings (SSSR count). The Morgan fingerprint density at radius 2 is 1.65 bits per heavy atom. The summed E-state index contributed by atoms with van der Waals surface area (Å²) >= 11 is 3.10. The molecule has 8 heteroatoms. The van der Waals surface area contributed by atoms with E-state index >= 15 is 0 Å². The minimum atomic E-state index is -4.04. The van der Waals surface area contributed by atoms with Gasteiger partial charge < -0.3 is 5.73 Å². The summed E-state index contributed by atoms with van der Waals surface area (Å²) in [5.41, 5.74) is 5.27. The molecule has 0 aliphatic carbocycles. The number of rotatable bonds is 3. The summed E-state index contributed by atoms with van der Waals surface area (Å²) < 4.78 is 52.9. The summed E-state index contributed by atoms with van der Waals surface area (Å²) in [6, 6.07) is 6.47. The lowest BCUT2D eigenvalue weighted by atomic mass is 10.3. The molecule has 0 atom stereocenters. The lowest BCUT2D eigenvalue weighted by Gasteiger charge is -2.11. The van der Waals surface area contributed by atoms with Gasteiger partial charge in [0.25, 0.3) is 10.0 Å². The van der Waals surface area contributed by atoms with E-state index in [-0.39, 0.29) is 16.3 Å². The number of hydrogen-bond acceptors (Lipinski definition) is 3. The Labute approximate surface area is 122 Å². The Morgan fingerprint density at radius 3 is 2.30 bits per heavy atom. The van der Waals surface area contributed by atoms with E-state index in [1.54, 1.807) is 0 Å². The van der Waals surface area contributed by atoms with Crippen LogP contribution in [0.25, 0.3) is 0 Å². The largest absolute Gasteiger partial charge is 0.398 e. The molecule has 106 valence electrons. The highest BCUT2D eigenvalue weighted by Crippen LogP contribution is 2.27. The van der Waals surface area contributed by atoms with Gasteiger partial charge >= 0.3 is 0 Å². The first kappa shape index (κ1) is 14.7. The molecule has 0 unspecified atom stereocenters. The van der Waals surface area contributed by atoms with E-state index < -0.39 is 21.7 Å². The Balaban J connectivity index is 2.43. The number of sulfonamides is 1. The SMILES string of the molecule is Nc1cc(F)ccc1S(=O)(=O)Nc1cc(F)ccc1Br. The van der Waals surface area contributed by atoms with Crippen LogP contribution in [0.5, 0.6) is 0 Å². The van der Waals surface area contributed by atoms with E-state index in [2.05, 4.69) is 20.7 Å². The van der Waals surface area contributed by atoms with E-state index in [9.17, 15) is 17.2 Å². The molecule has 0 aromatic heterocycles. The van der Waals surface area contributed by atoms with Crippen LogP contribution in [0.3, 0.4) is 0 Å². The first-order valence-corrected chi connectivity index (χ1v) is 7.60. The lowest BCUT2D eigenvalue weighted by Crippen LogP contribution is -2.15. The summed E-state index contributed by atoms with van der Waals surface area (Å²) in [7, 11) is -4.04. The maximum absolute atomic E-state index is 13.1. The summed E-state index contributed by atoms with van der Waals surface area (Å²) in [5.74, 6) is -1.24. The number of benzene rings is 2. The van der Waals surface area contributed by atoms with Crippen molar-refractivity contribution in [1.82, 2.24) is 0 Å². The van der Waals surface area contributed by atoms with Crippen molar-refractivity contribution in [2.75, 3.05) is 10.5 Å². The standard InChI is InChI=1S/C12H9BrF2N2O2S/c13-9-3-1-8(15)6-11(9)17-20(18,19)12-4-2-7(14)5-10(12)16/h1-6,17H,16H2. The smallest absolute Gasteiger partial charge is 0.263 e. The summed E-state index contributed by atoms with van der Waals surface area (Å²) in [6.07, 6.45) is 0. The Hall–Kier alpha value is -1.67. The predicted octanol–water partition coefficient (Wildman–Crippen LogP) is 3.11. The van der Waals surface area contributed by atoms with Crippen LogP contribution in [0.4, 0.5) is 20.2 Å². The predicted molar refractivity (Wildman–Crippen MR) is 75.7 cm³/mol. The second-order valence-electron chi connectivity index (χ2n) is 3.91. The average molecular weight is 363 g/mol. The van der Waals surface area contributed by atoms with Crippen LogP contribution in [0.15, 0.2) is 45.8 Å². The molecule has 0 radical (unpaired) electrons. The topological polar surface area (TPSA) is 72.2 Å². The van der Waals surface area contributed by atoms with Crippen molar-refractivity contribution in [2.45, 2.75) is 4.90 Å². The zero-order valence-electron chi connectivity index (χ0n) is 9.90. The van der Waals surface area contributed by atoms with Crippen LogP contribution < -0.4 is 10.5 Å². The van der Waals surface area contributed by atoms with Crippen LogP contribution >= 0.6 is 15.9 Å². The fourth-order valence-electron chi connectivity index (χ4n) is 1.54. The van der Waals surface area contributed by atoms with Gasteiger partial charge in [-0.1, -0.05) is 0 Å². The van der Waals surface area contributed by atoms with Crippen LogP contribution in [-0.4, -0.2) is 8.42 Å². The Bertz CT molecular complexity index is 766. The normalized spacial score (nSPS) is 11.3. The molecule has 0 heterocycles. The van der Waals surface area contributed by atoms with Crippen molar-refractivity contribution >= 4 is 37.3 Å². The van der Waals surface area contributed by atoms with Crippen LogP contribution in [-0.2, 0) is 10.0 Å². The molecule has 0 aliphatic heterocycles. The van der Waals surface area contributed by atoms with Gasteiger partial charge in [-0.3, -0.25) is 4.72 Å². The maximum Gasteiger partial charge on any atom is 0.263 e. The summed E-state index contributed by atoms with van der Waals surface area (Å²) in [4.78, 5) is -0.282. The molecule has 0 bridgehead atoms. The molecule has 2 aromatic rings. The number of halogens is 3. The van der Waals surface area contributed by atoms with E-state index in [1.165, 1.54) is 12.1 Å². The van der Waals surface area contributed by atoms with Crippen molar-refractivity contribution < 1.29 is 17.2 Å². The van der Waals surface area contributed by atoms with E-state index in [4.69, 9.17) is 5.73 Å². The van der Waals surface area contributed by atoms with Crippen molar-refractivity contribution in [2.24, 2.45) is 0 Å². The highest BCUT2D eigenvalue weighted by atomic mass is 79.9. The molecule has 3 N–H and O–H groups in total. The zero-order valence-corrected chi connectivity index (χ0v) is 12.3. The lowest BCUT2D eigenvalue weighted by molar-refractivity contribution is 0.600. The highest BCUT2D eigenvalue weighted by molar-refractivity contribution is 9.10. The monoisotopic (exact) mass is 362 g/mol. The Morgan fingerprint density at radius 1 is 1.05 bits per heavy atom. The second kappa shape index (κ2) is 5.37. The average Bonchev–Trinajstić information content (AvgIpc) is 2.33. The molecule has 0 spiro atoms. The Kier molecular flexibility index (Phi) is 3.96. The first-order chi connectivity index (χ1) is 9.29. The van der Waals surface area contributed by atoms with Crippen molar-refractivity contribution in [3.05, 3.63) is 52.5 Å².